The van der Waals surface area contributed by atoms with Crippen LogP contribution in [0, 0.1) is 5.92 Å². The summed E-state index contributed by atoms with van der Waals surface area (Å²) < 4.78 is 37.9. The molecule has 0 heterocycles. The van der Waals surface area contributed by atoms with E-state index in [1.807, 2.05) is 0 Å². The lowest BCUT2D eigenvalue weighted by atomic mass is 9.84. The molecule has 1 amide bonds. The van der Waals surface area contributed by atoms with E-state index in [4.69, 9.17) is 5.73 Å². The number of alkyl halides is 3. The van der Waals surface area contributed by atoms with Gasteiger partial charge in [0.15, 0.2) is 0 Å². The van der Waals surface area contributed by atoms with Crippen LogP contribution in [0.15, 0.2) is 0 Å². The number of hydrogen-bond acceptors (Lipinski definition) is 2. The van der Waals surface area contributed by atoms with Crippen LogP contribution in [0.4, 0.5) is 13.2 Å². The predicted octanol–water partition coefficient (Wildman–Crippen LogP) is 1.57. The molecule has 1 aliphatic rings. The number of nitrogens with one attached hydrogen (secondary N) is 1. The van der Waals surface area contributed by atoms with Gasteiger partial charge in [-0.15, -0.1) is 0 Å². The normalized spacial score (nSPS) is 26.7. The molecule has 0 aliphatic heterocycles. The van der Waals surface area contributed by atoms with Gasteiger partial charge in [-0.3, -0.25) is 4.79 Å². The molecule has 2 unspecified atom stereocenters. The molecule has 0 aromatic carbocycles. The Morgan fingerprint density at radius 2 is 1.94 bits per heavy atom. The molecule has 3 N–H and O–H groups in total. The van der Waals surface area contributed by atoms with Crippen molar-refractivity contribution in [3.05, 3.63) is 0 Å². The lowest BCUT2D eigenvalue weighted by Crippen LogP contribution is -2.46. The molecule has 16 heavy (non-hydrogen) atoms. The van der Waals surface area contributed by atoms with Gasteiger partial charge in [-0.05, 0) is 12.8 Å². The Hall–Kier alpha value is -0.780. The van der Waals surface area contributed by atoms with Gasteiger partial charge in [0.2, 0.25) is 5.91 Å². The molecule has 0 aromatic heterocycles. The van der Waals surface area contributed by atoms with E-state index in [1.165, 1.54) is 0 Å². The highest BCUT2D eigenvalue weighted by atomic mass is 19.4. The van der Waals surface area contributed by atoms with Gasteiger partial charge in [0.05, 0.1) is 5.92 Å². The quantitative estimate of drug-likeness (QED) is 0.781. The van der Waals surface area contributed by atoms with Crippen molar-refractivity contribution in [2.75, 3.05) is 6.54 Å². The van der Waals surface area contributed by atoms with E-state index in [9.17, 15) is 18.0 Å². The first-order chi connectivity index (χ1) is 7.41. The summed E-state index contributed by atoms with van der Waals surface area (Å²) in [6.07, 6.45) is -1.94. The first kappa shape index (κ1) is 13.3. The number of primary amides is 1. The summed E-state index contributed by atoms with van der Waals surface area (Å²) in [5, 5.41) is 2.79. The summed E-state index contributed by atoms with van der Waals surface area (Å²) in [6, 6.07) is -0.562. The van der Waals surface area contributed by atoms with E-state index >= 15 is 0 Å². The standard InChI is InChI=1S/C10H17F3N2O/c11-10(12,13)7-3-1-2-4-8(7)15-6-5-9(14)16/h7-8,15H,1-6H2,(H2,14,16). The largest absolute Gasteiger partial charge is 0.393 e. The molecular formula is C10H17F3N2O. The molecular weight excluding hydrogens is 221 g/mol. The molecule has 0 saturated heterocycles. The average molecular weight is 238 g/mol. The summed E-state index contributed by atoms with van der Waals surface area (Å²) in [5.41, 5.74) is 4.93. The van der Waals surface area contributed by atoms with E-state index < -0.39 is 24.0 Å². The van der Waals surface area contributed by atoms with Crippen LogP contribution in [0.2, 0.25) is 0 Å². The van der Waals surface area contributed by atoms with Gasteiger partial charge in [-0.2, -0.15) is 13.2 Å². The molecule has 0 aromatic rings. The van der Waals surface area contributed by atoms with E-state index in [-0.39, 0.29) is 19.4 Å². The van der Waals surface area contributed by atoms with Crippen LogP contribution >= 0.6 is 0 Å². The van der Waals surface area contributed by atoms with Crippen LogP contribution < -0.4 is 11.1 Å². The summed E-state index contributed by atoms with van der Waals surface area (Å²) in [7, 11) is 0. The van der Waals surface area contributed by atoms with Gasteiger partial charge in [0, 0.05) is 19.0 Å². The van der Waals surface area contributed by atoms with Crippen LogP contribution in [-0.2, 0) is 4.79 Å². The van der Waals surface area contributed by atoms with Gasteiger partial charge in [0.25, 0.3) is 0 Å². The highest BCUT2D eigenvalue weighted by Crippen LogP contribution is 2.37. The van der Waals surface area contributed by atoms with Crippen molar-refractivity contribution < 1.29 is 18.0 Å². The minimum atomic E-state index is -4.15. The Bertz CT molecular complexity index is 243. The Labute approximate surface area is 92.6 Å². The van der Waals surface area contributed by atoms with Gasteiger partial charge < -0.3 is 11.1 Å². The molecule has 1 saturated carbocycles. The summed E-state index contributed by atoms with van der Waals surface area (Å²) in [5.74, 6) is -1.78. The van der Waals surface area contributed by atoms with Crippen molar-refractivity contribution in [2.24, 2.45) is 11.7 Å². The highest BCUT2D eigenvalue weighted by molar-refractivity contribution is 5.73. The second-order valence-corrected chi connectivity index (χ2v) is 4.21. The van der Waals surface area contributed by atoms with Crippen LogP contribution in [-0.4, -0.2) is 24.7 Å². The van der Waals surface area contributed by atoms with Gasteiger partial charge in [-0.1, -0.05) is 12.8 Å². The number of carbonyl (C=O) groups is 1. The predicted molar refractivity (Wildman–Crippen MR) is 53.6 cm³/mol. The third kappa shape index (κ3) is 4.00. The van der Waals surface area contributed by atoms with Crippen molar-refractivity contribution in [1.29, 1.82) is 0 Å². The van der Waals surface area contributed by atoms with Crippen LogP contribution in [0.3, 0.4) is 0 Å². The number of hydrogen-bond donors (Lipinski definition) is 2. The molecule has 6 heteroatoms. The second-order valence-electron chi connectivity index (χ2n) is 4.21. The van der Waals surface area contributed by atoms with E-state index in [0.29, 0.717) is 12.8 Å². The fraction of sp³-hybridized carbons (Fsp3) is 0.900. The fourth-order valence-corrected chi connectivity index (χ4v) is 2.15. The Balaban J connectivity index is 2.44. The van der Waals surface area contributed by atoms with Gasteiger partial charge in [0.1, 0.15) is 0 Å². The van der Waals surface area contributed by atoms with Gasteiger partial charge in [-0.25, -0.2) is 0 Å². The maximum absolute atomic E-state index is 12.6. The van der Waals surface area contributed by atoms with Crippen LogP contribution in [0.5, 0.6) is 0 Å². The molecule has 2 atom stereocenters. The Kier molecular flexibility index (Phi) is 4.58. The molecule has 1 aliphatic carbocycles. The van der Waals surface area contributed by atoms with Crippen molar-refractivity contribution in [1.82, 2.24) is 5.32 Å². The zero-order valence-corrected chi connectivity index (χ0v) is 9.02. The Morgan fingerprint density at radius 3 is 2.50 bits per heavy atom. The SMILES string of the molecule is NC(=O)CCNC1CCCCC1C(F)(F)F. The zero-order valence-electron chi connectivity index (χ0n) is 9.02. The maximum atomic E-state index is 12.6. The topological polar surface area (TPSA) is 55.1 Å². The Morgan fingerprint density at radius 1 is 1.31 bits per heavy atom. The average Bonchev–Trinajstić information content (AvgIpc) is 2.16. The molecule has 1 fully saturated rings. The van der Waals surface area contributed by atoms with Crippen molar-refractivity contribution in [3.8, 4) is 0 Å². The zero-order chi connectivity index (χ0) is 12.2. The lowest BCUT2D eigenvalue weighted by molar-refractivity contribution is -0.188. The third-order valence-corrected chi connectivity index (χ3v) is 2.96. The minimum Gasteiger partial charge on any atom is -0.370 e. The number of carbonyl (C=O) groups excluding carboxylic acids is 1. The first-order valence-electron chi connectivity index (χ1n) is 5.49. The van der Waals surface area contributed by atoms with Crippen molar-refractivity contribution in [2.45, 2.75) is 44.3 Å². The fourth-order valence-electron chi connectivity index (χ4n) is 2.15. The van der Waals surface area contributed by atoms with E-state index in [2.05, 4.69) is 5.32 Å². The minimum absolute atomic E-state index is 0.0844. The van der Waals surface area contributed by atoms with Gasteiger partial charge >= 0.3 is 6.18 Å². The molecule has 0 bridgehead atoms. The van der Waals surface area contributed by atoms with Crippen molar-refractivity contribution in [3.63, 3.8) is 0 Å². The van der Waals surface area contributed by atoms with Crippen LogP contribution in [0.25, 0.3) is 0 Å². The maximum Gasteiger partial charge on any atom is 0.393 e. The highest BCUT2D eigenvalue weighted by Gasteiger charge is 2.45. The molecule has 1 rings (SSSR count). The third-order valence-electron chi connectivity index (χ3n) is 2.96. The molecule has 0 radical (unpaired) electrons. The summed E-state index contributed by atoms with van der Waals surface area (Å²) >= 11 is 0. The lowest BCUT2D eigenvalue weighted by Gasteiger charge is -2.33. The monoisotopic (exact) mass is 238 g/mol. The summed E-state index contributed by atoms with van der Waals surface area (Å²) in [4.78, 5) is 10.5. The van der Waals surface area contributed by atoms with Crippen LogP contribution in [0.1, 0.15) is 32.1 Å². The first-order valence-corrected chi connectivity index (χ1v) is 5.49. The summed E-state index contributed by atoms with van der Waals surface area (Å²) in [6.45, 7) is 0.229. The smallest absolute Gasteiger partial charge is 0.370 e. The molecule has 3 nitrogen and oxygen atoms in total. The van der Waals surface area contributed by atoms with E-state index in [0.717, 1.165) is 6.42 Å². The second kappa shape index (κ2) is 5.52. The number of rotatable bonds is 4. The number of halogens is 3. The number of nitrogens with two attached hydrogens (primary N) is 1. The molecule has 0 spiro atoms. The van der Waals surface area contributed by atoms with E-state index in [1.54, 1.807) is 0 Å². The number of amides is 1. The molecule has 94 valence electrons. The van der Waals surface area contributed by atoms with Crippen molar-refractivity contribution >= 4 is 5.91 Å².